The monoisotopic (exact) mass is 413 g/mol. The first-order chi connectivity index (χ1) is 13.7. The van der Waals surface area contributed by atoms with Gasteiger partial charge in [0.2, 0.25) is 5.13 Å². The molecule has 2 heterocycles. The number of benzene rings is 2. The summed E-state index contributed by atoms with van der Waals surface area (Å²) < 4.78 is 20.2. The van der Waals surface area contributed by atoms with Gasteiger partial charge in [-0.2, -0.15) is 0 Å². The highest BCUT2D eigenvalue weighted by molar-refractivity contribution is 7.21. The number of rotatable bonds is 6. The smallest absolute Gasteiger partial charge is 0.267 e. The summed E-state index contributed by atoms with van der Waals surface area (Å²) in [4.78, 5) is 13.2. The minimum absolute atomic E-state index is 0.152. The zero-order valence-electron chi connectivity index (χ0n) is 14.9. The fraction of sp³-hybridized carbons (Fsp3) is 0.150. The van der Waals surface area contributed by atoms with Crippen LogP contribution in [0.3, 0.4) is 0 Å². The van der Waals surface area contributed by atoms with E-state index in [1.54, 1.807) is 12.1 Å². The molecule has 0 radical (unpaired) electrons. The Hall–Kier alpha value is -2.68. The molecule has 4 aromatic rings. The normalized spacial score (nSPS) is 11.1. The Bertz CT molecular complexity index is 1130. The molecule has 2 aromatic heterocycles. The highest BCUT2D eigenvalue weighted by Crippen LogP contribution is 2.34. The van der Waals surface area contributed by atoms with Gasteiger partial charge in [0.1, 0.15) is 10.8 Å². The van der Waals surface area contributed by atoms with E-state index in [1.807, 2.05) is 30.3 Å². The first kappa shape index (κ1) is 18.7. The maximum absolute atomic E-state index is 14.3. The Morgan fingerprint density at radius 1 is 1.11 bits per heavy atom. The van der Waals surface area contributed by atoms with Crippen LogP contribution >= 0.6 is 22.7 Å². The van der Waals surface area contributed by atoms with E-state index in [0.717, 1.165) is 10.6 Å². The molecule has 0 aliphatic rings. The number of hydrogen-bond acceptors (Lipinski definition) is 6. The molecule has 2 aromatic carbocycles. The molecule has 0 atom stereocenters. The average Bonchev–Trinajstić information content (AvgIpc) is 3.28. The SMILES string of the molecule is COCc1c(C(=O)Nc2nnc(Cc3ccccc3)s2)sc2cccc(F)c12. The predicted octanol–water partition coefficient (Wildman–Crippen LogP) is 4.88. The van der Waals surface area contributed by atoms with Gasteiger partial charge < -0.3 is 4.74 Å². The molecule has 8 heteroatoms. The molecule has 0 aliphatic heterocycles. The van der Waals surface area contributed by atoms with Crippen LogP contribution in [0.4, 0.5) is 9.52 Å². The molecule has 28 heavy (non-hydrogen) atoms. The number of thiophene rings is 1. The minimum Gasteiger partial charge on any atom is -0.380 e. The van der Waals surface area contributed by atoms with Crippen LogP contribution in [0, 0.1) is 5.82 Å². The van der Waals surface area contributed by atoms with Gasteiger partial charge in [-0.1, -0.05) is 47.7 Å². The Morgan fingerprint density at radius 3 is 2.71 bits per heavy atom. The molecular formula is C20H16FN3O2S2. The number of hydrogen-bond donors (Lipinski definition) is 1. The van der Waals surface area contributed by atoms with Gasteiger partial charge in [-0.25, -0.2) is 4.39 Å². The molecule has 0 saturated carbocycles. The summed E-state index contributed by atoms with van der Waals surface area (Å²) >= 11 is 2.56. The molecule has 0 unspecified atom stereocenters. The van der Waals surface area contributed by atoms with Crippen molar-refractivity contribution >= 4 is 43.8 Å². The molecule has 0 aliphatic carbocycles. The maximum Gasteiger partial charge on any atom is 0.267 e. The molecule has 0 saturated heterocycles. The fourth-order valence-electron chi connectivity index (χ4n) is 2.93. The van der Waals surface area contributed by atoms with Gasteiger partial charge in [0.15, 0.2) is 0 Å². The zero-order valence-corrected chi connectivity index (χ0v) is 16.6. The number of anilines is 1. The molecule has 1 N–H and O–H groups in total. The lowest BCUT2D eigenvalue weighted by atomic mass is 10.1. The number of carbonyl (C=O) groups excluding carboxylic acids is 1. The summed E-state index contributed by atoms with van der Waals surface area (Å²) in [6.07, 6.45) is 0.650. The van der Waals surface area contributed by atoms with E-state index in [9.17, 15) is 9.18 Å². The summed E-state index contributed by atoms with van der Waals surface area (Å²) in [5.74, 6) is -0.698. The van der Waals surface area contributed by atoms with Crippen molar-refractivity contribution in [2.24, 2.45) is 0 Å². The van der Waals surface area contributed by atoms with Crippen LogP contribution in [0.5, 0.6) is 0 Å². The average molecular weight is 413 g/mol. The molecular weight excluding hydrogens is 397 g/mol. The number of amides is 1. The van der Waals surface area contributed by atoms with Crippen molar-refractivity contribution in [3.63, 3.8) is 0 Å². The second kappa shape index (κ2) is 8.14. The second-order valence-corrected chi connectivity index (χ2v) is 8.19. The number of aromatic nitrogens is 2. The van der Waals surface area contributed by atoms with Gasteiger partial charge >= 0.3 is 0 Å². The van der Waals surface area contributed by atoms with E-state index in [0.29, 0.717) is 32.1 Å². The Morgan fingerprint density at radius 2 is 1.93 bits per heavy atom. The van der Waals surface area contributed by atoms with Crippen LogP contribution in [0.1, 0.15) is 25.8 Å². The summed E-state index contributed by atoms with van der Waals surface area (Å²) in [6.45, 7) is 0.152. The fourth-order valence-corrected chi connectivity index (χ4v) is 4.82. The van der Waals surface area contributed by atoms with Crippen molar-refractivity contribution in [2.45, 2.75) is 13.0 Å². The quantitative estimate of drug-likeness (QED) is 0.489. The maximum atomic E-state index is 14.3. The lowest BCUT2D eigenvalue weighted by Crippen LogP contribution is -2.12. The van der Waals surface area contributed by atoms with Crippen LogP contribution < -0.4 is 5.32 Å². The largest absolute Gasteiger partial charge is 0.380 e. The number of halogens is 1. The molecule has 0 fully saturated rings. The third-order valence-corrected chi connectivity index (χ3v) is 6.18. The van der Waals surface area contributed by atoms with E-state index in [-0.39, 0.29) is 18.3 Å². The molecule has 0 bridgehead atoms. The molecule has 142 valence electrons. The summed E-state index contributed by atoms with van der Waals surface area (Å²) in [5, 5.41) is 12.6. The number of carbonyl (C=O) groups is 1. The van der Waals surface area contributed by atoms with Crippen molar-refractivity contribution in [3.8, 4) is 0 Å². The highest BCUT2D eigenvalue weighted by atomic mass is 32.1. The van der Waals surface area contributed by atoms with Gasteiger partial charge in [0.05, 0.1) is 11.5 Å². The van der Waals surface area contributed by atoms with Crippen molar-refractivity contribution in [2.75, 3.05) is 12.4 Å². The van der Waals surface area contributed by atoms with Gasteiger partial charge in [0.25, 0.3) is 5.91 Å². The predicted molar refractivity (Wildman–Crippen MR) is 110 cm³/mol. The van der Waals surface area contributed by atoms with Gasteiger partial charge in [-0.15, -0.1) is 21.5 Å². The lowest BCUT2D eigenvalue weighted by Gasteiger charge is -2.04. The first-order valence-corrected chi connectivity index (χ1v) is 10.2. The Labute approximate surface area is 168 Å². The lowest BCUT2D eigenvalue weighted by molar-refractivity contribution is 0.102. The summed E-state index contributed by atoms with van der Waals surface area (Å²) in [6, 6.07) is 14.7. The Kier molecular flexibility index (Phi) is 5.43. The second-order valence-electron chi connectivity index (χ2n) is 6.07. The van der Waals surface area contributed by atoms with Crippen LogP contribution in [-0.2, 0) is 17.8 Å². The molecule has 0 spiro atoms. The van der Waals surface area contributed by atoms with Crippen molar-refractivity contribution in [3.05, 3.63) is 75.4 Å². The van der Waals surface area contributed by atoms with Crippen molar-refractivity contribution in [1.82, 2.24) is 10.2 Å². The van der Waals surface area contributed by atoms with Crippen molar-refractivity contribution in [1.29, 1.82) is 0 Å². The van der Waals surface area contributed by atoms with E-state index < -0.39 is 0 Å². The van der Waals surface area contributed by atoms with E-state index >= 15 is 0 Å². The molecule has 1 amide bonds. The van der Waals surface area contributed by atoms with Crippen LogP contribution in [0.2, 0.25) is 0 Å². The minimum atomic E-state index is -0.360. The summed E-state index contributed by atoms with van der Waals surface area (Å²) in [7, 11) is 1.52. The van der Waals surface area contributed by atoms with E-state index in [4.69, 9.17) is 4.74 Å². The third kappa shape index (κ3) is 3.80. The standard InChI is InChI=1S/C20H16FN3O2S2/c1-26-11-13-17-14(21)8-5-9-15(17)27-18(13)19(25)22-20-24-23-16(28-20)10-12-6-3-2-4-7-12/h2-9H,10-11H2,1H3,(H,22,24,25). The molecule has 4 rings (SSSR count). The van der Waals surface area contributed by atoms with Crippen molar-refractivity contribution < 1.29 is 13.9 Å². The van der Waals surface area contributed by atoms with Crippen LogP contribution in [0.25, 0.3) is 10.1 Å². The van der Waals surface area contributed by atoms with Gasteiger partial charge in [-0.3, -0.25) is 10.1 Å². The topological polar surface area (TPSA) is 64.1 Å². The van der Waals surface area contributed by atoms with Gasteiger partial charge in [-0.05, 0) is 17.7 Å². The Balaban J connectivity index is 1.57. The number of fused-ring (bicyclic) bond motifs is 1. The number of nitrogens with one attached hydrogen (secondary N) is 1. The van der Waals surface area contributed by atoms with Gasteiger partial charge in [0, 0.05) is 29.2 Å². The third-order valence-electron chi connectivity index (χ3n) is 4.14. The van der Waals surface area contributed by atoms with E-state index in [1.165, 1.54) is 35.8 Å². The number of methoxy groups -OCH3 is 1. The number of nitrogens with zero attached hydrogens (tertiary/aromatic N) is 2. The first-order valence-electron chi connectivity index (χ1n) is 8.52. The molecule has 5 nitrogen and oxygen atoms in total. The highest BCUT2D eigenvalue weighted by Gasteiger charge is 2.21. The van der Waals surface area contributed by atoms with E-state index in [2.05, 4.69) is 15.5 Å². The summed E-state index contributed by atoms with van der Waals surface area (Å²) in [5.41, 5.74) is 1.67. The number of ether oxygens (including phenoxy) is 1. The zero-order chi connectivity index (χ0) is 19.5. The van der Waals surface area contributed by atoms with Crippen LogP contribution in [-0.4, -0.2) is 23.2 Å². The van der Waals surface area contributed by atoms with Crippen LogP contribution in [0.15, 0.2) is 48.5 Å².